The number of carbonyl (C=O) groups is 2. The van der Waals surface area contributed by atoms with Crippen molar-refractivity contribution < 1.29 is 19.1 Å². The SMILES string of the molecule is CCOC(=O)CC1(C)CCC(=O)O1. The van der Waals surface area contributed by atoms with Crippen LogP contribution >= 0.6 is 0 Å². The Morgan fingerprint density at radius 2 is 2.38 bits per heavy atom. The van der Waals surface area contributed by atoms with Crippen LogP contribution in [0, 0.1) is 0 Å². The third-order valence-electron chi connectivity index (χ3n) is 2.04. The van der Waals surface area contributed by atoms with Gasteiger partial charge in [0.15, 0.2) is 0 Å². The molecule has 1 aliphatic rings. The lowest BCUT2D eigenvalue weighted by Gasteiger charge is -2.20. The highest BCUT2D eigenvalue weighted by Gasteiger charge is 2.38. The van der Waals surface area contributed by atoms with Crippen molar-refractivity contribution >= 4 is 11.9 Å². The van der Waals surface area contributed by atoms with E-state index in [-0.39, 0.29) is 18.4 Å². The molecular formula is C9H14O4. The van der Waals surface area contributed by atoms with Gasteiger partial charge in [0.1, 0.15) is 5.60 Å². The van der Waals surface area contributed by atoms with E-state index in [0.29, 0.717) is 19.4 Å². The number of ether oxygens (including phenoxy) is 2. The number of esters is 2. The molecule has 1 saturated heterocycles. The second-order valence-corrected chi connectivity index (χ2v) is 3.41. The zero-order valence-electron chi connectivity index (χ0n) is 7.96. The van der Waals surface area contributed by atoms with Gasteiger partial charge in [-0.1, -0.05) is 0 Å². The first-order valence-corrected chi connectivity index (χ1v) is 4.43. The number of rotatable bonds is 3. The molecule has 4 heteroatoms. The average molecular weight is 186 g/mol. The van der Waals surface area contributed by atoms with E-state index in [1.54, 1.807) is 13.8 Å². The molecule has 1 heterocycles. The highest BCUT2D eigenvalue weighted by Crippen LogP contribution is 2.29. The molecule has 0 radical (unpaired) electrons. The van der Waals surface area contributed by atoms with Gasteiger partial charge in [-0.3, -0.25) is 9.59 Å². The van der Waals surface area contributed by atoms with Gasteiger partial charge in [-0.05, 0) is 20.3 Å². The van der Waals surface area contributed by atoms with Gasteiger partial charge >= 0.3 is 11.9 Å². The molecule has 1 unspecified atom stereocenters. The minimum Gasteiger partial charge on any atom is -0.466 e. The van der Waals surface area contributed by atoms with Crippen LogP contribution in [-0.4, -0.2) is 24.1 Å². The Kier molecular flexibility index (Phi) is 2.90. The maximum Gasteiger partial charge on any atom is 0.309 e. The molecule has 1 atom stereocenters. The second-order valence-electron chi connectivity index (χ2n) is 3.41. The average Bonchev–Trinajstić information content (AvgIpc) is 2.30. The number of cyclic esters (lactones) is 1. The Labute approximate surface area is 77.2 Å². The zero-order valence-corrected chi connectivity index (χ0v) is 7.96. The van der Waals surface area contributed by atoms with Crippen molar-refractivity contribution in [3.63, 3.8) is 0 Å². The summed E-state index contributed by atoms with van der Waals surface area (Å²) in [6, 6.07) is 0. The maximum atomic E-state index is 11.1. The summed E-state index contributed by atoms with van der Waals surface area (Å²) < 4.78 is 9.80. The second kappa shape index (κ2) is 3.77. The topological polar surface area (TPSA) is 52.6 Å². The van der Waals surface area contributed by atoms with Crippen LogP contribution in [0.4, 0.5) is 0 Å². The molecular weight excluding hydrogens is 172 g/mol. The minimum atomic E-state index is -0.636. The summed E-state index contributed by atoms with van der Waals surface area (Å²) in [4.78, 5) is 21.9. The van der Waals surface area contributed by atoms with E-state index in [0.717, 1.165) is 0 Å². The maximum absolute atomic E-state index is 11.1. The molecule has 1 aliphatic heterocycles. The van der Waals surface area contributed by atoms with Crippen LogP contribution in [0.1, 0.15) is 33.1 Å². The molecule has 0 aromatic rings. The van der Waals surface area contributed by atoms with E-state index in [2.05, 4.69) is 0 Å². The van der Waals surface area contributed by atoms with Gasteiger partial charge in [0, 0.05) is 6.42 Å². The first kappa shape index (κ1) is 10.0. The highest BCUT2D eigenvalue weighted by molar-refractivity contribution is 5.75. The first-order valence-electron chi connectivity index (χ1n) is 4.43. The Hall–Kier alpha value is -1.06. The van der Waals surface area contributed by atoms with Crippen molar-refractivity contribution in [1.29, 1.82) is 0 Å². The van der Waals surface area contributed by atoms with Crippen LogP contribution in [0.5, 0.6) is 0 Å². The van der Waals surface area contributed by atoms with E-state index in [1.165, 1.54) is 0 Å². The summed E-state index contributed by atoms with van der Waals surface area (Å²) in [5, 5.41) is 0. The Morgan fingerprint density at radius 1 is 1.69 bits per heavy atom. The van der Waals surface area contributed by atoms with E-state index in [4.69, 9.17) is 9.47 Å². The monoisotopic (exact) mass is 186 g/mol. The van der Waals surface area contributed by atoms with Crippen molar-refractivity contribution in [2.24, 2.45) is 0 Å². The standard InChI is InChI=1S/C9H14O4/c1-3-12-8(11)6-9(2)5-4-7(10)13-9/h3-6H2,1-2H3. The summed E-state index contributed by atoms with van der Waals surface area (Å²) in [5.74, 6) is -0.536. The molecule has 0 aromatic heterocycles. The Bertz CT molecular complexity index is 224. The third kappa shape index (κ3) is 2.72. The lowest BCUT2D eigenvalue weighted by molar-refractivity contribution is -0.155. The highest BCUT2D eigenvalue weighted by atomic mass is 16.6. The molecule has 74 valence electrons. The van der Waals surface area contributed by atoms with E-state index in [9.17, 15) is 9.59 Å². The fourth-order valence-corrected chi connectivity index (χ4v) is 1.39. The normalized spacial score (nSPS) is 27.1. The van der Waals surface area contributed by atoms with E-state index < -0.39 is 5.60 Å². The molecule has 0 amide bonds. The fourth-order valence-electron chi connectivity index (χ4n) is 1.39. The van der Waals surface area contributed by atoms with Crippen LogP contribution in [0.2, 0.25) is 0 Å². The number of hydrogen-bond donors (Lipinski definition) is 0. The van der Waals surface area contributed by atoms with Crippen molar-refractivity contribution in [2.45, 2.75) is 38.7 Å². The van der Waals surface area contributed by atoms with Gasteiger partial charge in [0.05, 0.1) is 13.0 Å². The van der Waals surface area contributed by atoms with Crippen molar-refractivity contribution in [2.75, 3.05) is 6.61 Å². The fraction of sp³-hybridized carbons (Fsp3) is 0.778. The molecule has 0 N–H and O–H groups in total. The summed E-state index contributed by atoms with van der Waals surface area (Å²) in [6.45, 7) is 3.87. The smallest absolute Gasteiger partial charge is 0.309 e. The summed E-state index contributed by atoms with van der Waals surface area (Å²) in [6.07, 6.45) is 1.16. The first-order chi connectivity index (χ1) is 6.06. The quantitative estimate of drug-likeness (QED) is 0.618. The minimum absolute atomic E-state index is 0.159. The zero-order chi connectivity index (χ0) is 9.90. The molecule has 4 nitrogen and oxygen atoms in total. The van der Waals surface area contributed by atoms with Crippen LogP contribution in [-0.2, 0) is 19.1 Å². The van der Waals surface area contributed by atoms with Crippen LogP contribution < -0.4 is 0 Å². The van der Waals surface area contributed by atoms with Crippen molar-refractivity contribution in [1.82, 2.24) is 0 Å². The summed E-state index contributed by atoms with van der Waals surface area (Å²) in [5.41, 5.74) is -0.636. The van der Waals surface area contributed by atoms with Gasteiger partial charge in [-0.2, -0.15) is 0 Å². The molecule has 1 fully saturated rings. The van der Waals surface area contributed by atoms with Crippen LogP contribution in [0.3, 0.4) is 0 Å². The van der Waals surface area contributed by atoms with Gasteiger partial charge in [-0.25, -0.2) is 0 Å². The Morgan fingerprint density at radius 3 is 2.85 bits per heavy atom. The van der Waals surface area contributed by atoms with Crippen molar-refractivity contribution in [3.8, 4) is 0 Å². The molecule has 0 aromatic carbocycles. The summed E-state index contributed by atoms with van der Waals surface area (Å²) >= 11 is 0. The molecule has 13 heavy (non-hydrogen) atoms. The molecule has 0 spiro atoms. The summed E-state index contributed by atoms with van der Waals surface area (Å²) in [7, 11) is 0. The van der Waals surface area contributed by atoms with E-state index >= 15 is 0 Å². The predicted octanol–water partition coefficient (Wildman–Crippen LogP) is 1.04. The number of carbonyl (C=O) groups excluding carboxylic acids is 2. The van der Waals surface area contributed by atoms with Gasteiger partial charge < -0.3 is 9.47 Å². The van der Waals surface area contributed by atoms with E-state index in [1.807, 2.05) is 0 Å². The lowest BCUT2D eigenvalue weighted by atomic mass is 9.99. The predicted molar refractivity (Wildman–Crippen MR) is 45.0 cm³/mol. The number of hydrogen-bond acceptors (Lipinski definition) is 4. The van der Waals surface area contributed by atoms with Crippen LogP contribution in [0.25, 0.3) is 0 Å². The molecule has 0 saturated carbocycles. The van der Waals surface area contributed by atoms with Crippen LogP contribution in [0.15, 0.2) is 0 Å². The lowest BCUT2D eigenvalue weighted by Crippen LogP contribution is -2.28. The molecule has 0 bridgehead atoms. The molecule has 1 rings (SSSR count). The Balaban J connectivity index is 2.43. The van der Waals surface area contributed by atoms with Gasteiger partial charge in [-0.15, -0.1) is 0 Å². The third-order valence-corrected chi connectivity index (χ3v) is 2.04. The van der Waals surface area contributed by atoms with Gasteiger partial charge in [0.2, 0.25) is 0 Å². The molecule has 0 aliphatic carbocycles. The largest absolute Gasteiger partial charge is 0.466 e. The van der Waals surface area contributed by atoms with Crippen molar-refractivity contribution in [3.05, 3.63) is 0 Å². The van der Waals surface area contributed by atoms with Gasteiger partial charge in [0.25, 0.3) is 0 Å².